The Morgan fingerprint density at radius 3 is 2.79 bits per heavy atom. The zero-order valence-corrected chi connectivity index (χ0v) is 14.3. The Bertz CT molecular complexity index is 885. The Balaban J connectivity index is 1.52. The van der Waals surface area contributed by atoms with Gasteiger partial charge in [-0.1, -0.05) is 43.3 Å². The van der Waals surface area contributed by atoms with E-state index in [2.05, 4.69) is 45.9 Å². The molecule has 122 valence electrons. The van der Waals surface area contributed by atoms with Crippen LogP contribution < -0.4 is 10.6 Å². The molecule has 0 aliphatic carbocycles. The van der Waals surface area contributed by atoms with E-state index in [1.807, 2.05) is 24.4 Å². The first-order valence-electron chi connectivity index (χ1n) is 8.17. The van der Waals surface area contributed by atoms with E-state index in [1.54, 1.807) is 0 Å². The number of thiazole rings is 1. The molecule has 2 heterocycles. The summed E-state index contributed by atoms with van der Waals surface area (Å²) in [6, 6.07) is 14.6. The second kappa shape index (κ2) is 6.34. The lowest BCUT2D eigenvalue weighted by Crippen LogP contribution is -2.48. The van der Waals surface area contributed by atoms with E-state index >= 15 is 0 Å². The van der Waals surface area contributed by atoms with Gasteiger partial charge in [0, 0.05) is 16.9 Å². The molecule has 1 fully saturated rings. The summed E-state index contributed by atoms with van der Waals surface area (Å²) >= 11 is 1.47. The predicted molar refractivity (Wildman–Crippen MR) is 99.2 cm³/mol. The first kappa shape index (κ1) is 15.3. The number of carbonyl (C=O) groups is 1. The molecule has 0 saturated carbocycles. The fourth-order valence-electron chi connectivity index (χ4n) is 2.91. The molecule has 1 unspecified atom stereocenters. The molecule has 1 aliphatic rings. The lowest BCUT2D eigenvalue weighted by Gasteiger charge is -2.31. The summed E-state index contributed by atoms with van der Waals surface area (Å²) in [5.74, 6) is 0.505. The maximum absolute atomic E-state index is 12.3. The number of carbonyl (C=O) groups excluding carboxylic acids is 1. The minimum atomic E-state index is 0.0132. The van der Waals surface area contributed by atoms with Crippen molar-refractivity contribution in [3.63, 3.8) is 0 Å². The van der Waals surface area contributed by atoms with E-state index in [9.17, 15) is 4.79 Å². The number of hydrogen-bond acceptors (Lipinski definition) is 4. The van der Waals surface area contributed by atoms with Crippen LogP contribution in [0.5, 0.6) is 0 Å². The summed E-state index contributed by atoms with van der Waals surface area (Å²) in [4.78, 5) is 16.9. The second-order valence-electron chi connectivity index (χ2n) is 6.30. The number of rotatable bonds is 4. The highest BCUT2D eigenvalue weighted by Crippen LogP contribution is 2.28. The normalized spacial score (nSPS) is 15.9. The lowest BCUT2D eigenvalue weighted by atomic mass is 9.88. The Morgan fingerprint density at radius 1 is 1.25 bits per heavy atom. The molecular weight excluding hydrogens is 318 g/mol. The standard InChI is InChI=1S/C19H19N3OS/c1-12(16-9-20-10-16)18(23)22-19-21-17(11-24-19)15-7-6-13-4-2-3-5-14(13)8-15/h2-8,11-12,16,20H,9-10H2,1H3,(H,21,22,23). The number of hydrogen-bond donors (Lipinski definition) is 2. The number of nitrogens with one attached hydrogen (secondary N) is 2. The quantitative estimate of drug-likeness (QED) is 0.762. The zero-order valence-electron chi connectivity index (χ0n) is 13.5. The van der Waals surface area contributed by atoms with E-state index in [0.29, 0.717) is 11.0 Å². The van der Waals surface area contributed by atoms with Crippen LogP contribution in [0.1, 0.15) is 6.92 Å². The number of amides is 1. The molecule has 0 radical (unpaired) electrons. The van der Waals surface area contributed by atoms with Crippen LogP contribution in [0.2, 0.25) is 0 Å². The monoisotopic (exact) mass is 337 g/mol. The fourth-order valence-corrected chi connectivity index (χ4v) is 3.63. The first-order chi connectivity index (χ1) is 11.7. The van der Waals surface area contributed by atoms with Gasteiger partial charge in [-0.25, -0.2) is 4.98 Å². The van der Waals surface area contributed by atoms with E-state index in [4.69, 9.17) is 0 Å². The van der Waals surface area contributed by atoms with Gasteiger partial charge in [0.2, 0.25) is 5.91 Å². The van der Waals surface area contributed by atoms with Crippen LogP contribution in [0, 0.1) is 11.8 Å². The second-order valence-corrected chi connectivity index (χ2v) is 7.15. The third-order valence-corrected chi connectivity index (χ3v) is 5.47. The molecule has 1 atom stereocenters. The van der Waals surface area contributed by atoms with E-state index in [1.165, 1.54) is 22.1 Å². The molecule has 1 amide bonds. The molecule has 1 aromatic heterocycles. The lowest BCUT2D eigenvalue weighted by molar-refractivity contribution is -0.121. The highest BCUT2D eigenvalue weighted by atomic mass is 32.1. The maximum atomic E-state index is 12.3. The summed E-state index contributed by atoms with van der Waals surface area (Å²) in [6.45, 7) is 3.84. The van der Waals surface area contributed by atoms with Crippen LogP contribution in [0.3, 0.4) is 0 Å². The maximum Gasteiger partial charge on any atom is 0.229 e. The number of benzene rings is 2. The average Bonchev–Trinajstić information content (AvgIpc) is 3.01. The number of aromatic nitrogens is 1. The molecule has 4 nitrogen and oxygen atoms in total. The van der Waals surface area contributed by atoms with Crippen molar-refractivity contribution in [3.8, 4) is 11.3 Å². The molecule has 2 aromatic carbocycles. The number of nitrogens with zero attached hydrogens (tertiary/aromatic N) is 1. The molecular formula is C19H19N3OS. The Morgan fingerprint density at radius 2 is 2.04 bits per heavy atom. The first-order valence-corrected chi connectivity index (χ1v) is 9.05. The highest BCUT2D eigenvalue weighted by molar-refractivity contribution is 7.14. The highest BCUT2D eigenvalue weighted by Gasteiger charge is 2.29. The topological polar surface area (TPSA) is 54.0 Å². The fraction of sp³-hybridized carbons (Fsp3) is 0.263. The molecule has 1 aliphatic heterocycles. The van der Waals surface area contributed by atoms with Crippen molar-refractivity contribution in [3.05, 3.63) is 47.8 Å². The Hall–Kier alpha value is -2.24. The van der Waals surface area contributed by atoms with Crippen molar-refractivity contribution in [2.24, 2.45) is 11.8 Å². The van der Waals surface area contributed by atoms with Gasteiger partial charge < -0.3 is 10.6 Å². The molecule has 0 spiro atoms. The molecule has 5 heteroatoms. The zero-order chi connectivity index (χ0) is 16.5. The van der Waals surface area contributed by atoms with Crippen LogP contribution in [-0.4, -0.2) is 24.0 Å². The van der Waals surface area contributed by atoms with E-state index in [-0.39, 0.29) is 11.8 Å². The van der Waals surface area contributed by atoms with Gasteiger partial charge in [-0.05, 0) is 35.8 Å². The summed E-state index contributed by atoms with van der Waals surface area (Å²) in [6.07, 6.45) is 0. The van der Waals surface area contributed by atoms with Crippen molar-refractivity contribution in [2.75, 3.05) is 18.4 Å². The van der Waals surface area contributed by atoms with Crippen LogP contribution in [0.25, 0.3) is 22.0 Å². The van der Waals surface area contributed by atoms with Crippen molar-refractivity contribution in [1.29, 1.82) is 0 Å². The van der Waals surface area contributed by atoms with Gasteiger partial charge in [0.05, 0.1) is 5.69 Å². The number of fused-ring (bicyclic) bond motifs is 1. The van der Waals surface area contributed by atoms with E-state index < -0.39 is 0 Å². The molecule has 1 saturated heterocycles. The van der Waals surface area contributed by atoms with Crippen molar-refractivity contribution < 1.29 is 4.79 Å². The summed E-state index contributed by atoms with van der Waals surface area (Å²) in [5, 5.41) is 11.2. The van der Waals surface area contributed by atoms with Gasteiger partial charge >= 0.3 is 0 Å². The summed E-state index contributed by atoms with van der Waals surface area (Å²) in [7, 11) is 0. The third-order valence-electron chi connectivity index (χ3n) is 4.71. The minimum Gasteiger partial charge on any atom is -0.316 e. The SMILES string of the molecule is CC(C(=O)Nc1nc(-c2ccc3ccccc3c2)cs1)C1CNC1. The Kier molecular flexibility index (Phi) is 4.04. The van der Waals surface area contributed by atoms with Gasteiger partial charge in [0.15, 0.2) is 5.13 Å². The van der Waals surface area contributed by atoms with Gasteiger partial charge in [0.25, 0.3) is 0 Å². The van der Waals surface area contributed by atoms with Gasteiger partial charge in [-0.3, -0.25) is 4.79 Å². The van der Waals surface area contributed by atoms with Crippen molar-refractivity contribution >= 4 is 33.1 Å². The molecule has 2 N–H and O–H groups in total. The molecule has 24 heavy (non-hydrogen) atoms. The largest absolute Gasteiger partial charge is 0.316 e. The Labute approximate surface area is 144 Å². The van der Waals surface area contributed by atoms with Crippen LogP contribution in [0.4, 0.5) is 5.13 Å². The summed E-state index contributed by atoms with van der Waals surface area (Å²) in [5.41, 5.74) is 1.97. The average molecular weight is 337 g/mol. The van der Waals surface area contributed by atoms with Crippen molar-refractivity contribution in [2.45, 2.75) is 6.92 Å². The molecule has 4 rings (SSSR count). The van der Waals surface area contributed by atoms with Gasteiger partial charge in [-0.15, -0.1) is 11.3 Å². The van der Waals surface area contributed by atoms with Crippen LogP contribution in [-0.2, 0) is 4.79 Å². The van der Waals surface area contributed by atoms with Gasteiger partial charge in [0.1, 0.15) is 0 Å². The molecule has 3 aromatic rings. The summed E-state index contributed by atoms with van der Waals surface area (Å²) < 4.78 is 0. The number of anilines is 1. The van der Waals surface area contributed by atoms with E-state index in [0.717, 1.165) is 24.3 Å². The third kappa shape index (κ3) is 2.92. The predicted octanol–water partition coefficient (Wildman–Crippen LogP) is 3.76. The minimum absolute atomic E-state index is 0.0132. The van der Waals surface area contributed by atoms with Crippen molar-refractivity contribution in [1.82, 2.24) is 10.3 Å². The van der Waals surface area contributed by atoms with Crippen LogP contribution in [0.15, 0.2) is 47.8 Å². The smallest absolute Gasteiger partial charge is 0.229 e. The van der Waals surface area contributed by atoms with Crippen LogP contribution >= 0.6 is 11.3 Å². The van der Waals surface area contributed by atoms with Gasteiger partial charge in [-0.2, -0.15) is 0 Å². The molecule has 0 bridgehead atoms.